The molecule has 0 aliphatic carbocycles. The van der Waals surface area contributed by atoms with Crippen LogP contribution in [0.2, 0.25) is 5.02 Å². The number of nitrogens with zero attached hydrogens (tertiary/aromatic N) is 4. The average Bonchev–Trinajstić information content (AvgIpc) is 3.15. The molecule has 0 saturated carbocycles. The highest BCUT2D eigenvalue weighted by Crippen LogP contribution is 2.35. The van der Waals surface area contributed by atoms with Gasteiger partial charge in [-0.15, -0.1) is 0 Å². The summed E-state index contributed by atoms with van der Waals surface area (Å²) in [6.45, 7) is 1.96. The smallest absolute Gasteiger partial charge is 0.342 e. The van der Waals surface area contributed by atoms with Crippen molar-refractivity contribution in [2.75, 3.05) is 13.2 Å². The van der Waals surface area contributed by atoms with Crippen LogP contribution in [0.25, 0.3) is 0 Å². The molecular weight excluding hydrogens is 476 g/mol. The molecule has 2 aromatic carbocycles. The number of carbonyl (C=O) groups is 1. The van der Waals surface area contributed by atoms with E-state index in [1.807, 2.05) is 6.92 Å². The Labute approximate surface area is 185 Å². The maximum atomic E-state index is 12.3. The first kappa shape index (κ1) is 20.5. The molecule has 0 bridgehead atoms. The Bertz CT molecular complexity index is 1090. The van der Waals surface area contributed by atoms with E-state index < -0.39 is 5.91 Å². The van der Waals surface area contributed by atoms with Crippen LogP contribution in [0.4, 0.5) is 0 Å². The molecule has 8 nitrogen and oxygen atoms in total. The summed E-state index contributed by atoms with van der Waals surface area (Å²) in [6.07, 6.45) is 1.49. The minimum absolute atomic E-state index is 0.171. The molecule has 1 unspecified atom stereocenters. The fourth-order valence-electron chi connectivity index (χ4n) is 2.82. The molecule has 1 atom stereocenters. The Morgan fingerprint density at radius 3 is 2.63 bits per heavy atom. The number of benzene rings is 2. The van der Waals surface area contributed by atoms with Crippen molar-refractivity contribution in [2.45, 2.75) is 12.8 Å². The van der Waals surface area contributed by atoms with Crippen LogP contribution in [-0.4, -0.2) is 40.4 Å². The van der Waals surface area contributed by atoms with Crippen molar-refractivity contribution in [3.63, 3.8) is 0 Å². The molecule has 4 rings (SSSR count). The van der Waals surface area contributed by atoms with E-state index in [0.717, 1.165) is 9.32 Å². The van der Waals surface area contributed by atoms with Gasteiger partial charge in [0.05, 0.1) is 12.8 Å². The molecule has 0 N–H and O–H groups in total. The topological polar surface area (TPSA) is 87.8 Å². The second-order valence-electron chi connectivity index (χ2n) is 6.24. The van der Waals surface area contributed by atoms with Gasteiger partial charge in [0.15, 0.2) is 12.3 Å². The zero-order chi connectivity index (χ0) is 21.1. The largest absolute Gasteiger partial charge is 0.417 e. The molecule has 154 valence electrons. The minimum atomic E-state index is -1.40. The summed E-state index contributed by atoms with van der Waals surface area (Å²) in [5.41, 5.74) is 1.54. The number of fused-ring (bicyclic) bond motifs is 1. The van der Waals surface area contributed by atoms with Gasteiger partial charge in [-0.3, -0.25) is 4.79 Å². The SMILES string of the molecule is CCOC1(c2ccc(Cl)cc2)N=Cc2c(nnn2OCC(=O)c2ccc(Br)cc2)O1. The van der Waals surface area contributed by atoms with Crippen LogP contribution < -0.4 is 9.57 Å². The summed E-state index contributed by atoms with van der Waals surface area (Å²) < 4.78 is 12.6. The first-order valence-corrected chi connectivity index (χ1v) is 10.2. The summed E-state index contributed by atoms with van der Waals surface area (Å²) in [5, 5.41) is 8.48. The minimum Gasteiger partial charge on any atom is -0.417 e. The zero-order valence-corrected chi connectivity index (χ0v) is 18.1. The lowest BCUT2D eigenvalue weighted by Crippen LogP contribution is -2.37. The maximum Gasteiger partial charge on any atom is 0.342 e. The van der Waals surface area contributed by atoms with Crippen molar-refractivity contribution in [2.24, 2.45) is 4.99 Å². The van der Waals surface area contributed by atoms with Gasteiger partial charge in [-0.1, -0.05) is 49.6 Å². The Morgan fingerprint density at radius 1 is 1.20 bits per heavy atom. The van der Waals surface area contributed by atoms with Gasteiger partial charge in [0.2, 0.25) is 5.78 Å². The normalized spacial score (nSPS) is 17.3. The van der Waals surface area contributed by atoms with E-state index in [1.165, 1.54) is 6.21 Å². The van der Waals surface area contributed by atoms with E-state index in [-0.39, 0.29) is 18.3 Å². The van der Waals surface area contributed by atoms with Gasteiger partial charge < -0.3 is 14.3 Å². The van der Waals surface area contributed by atoms with Crippen LogP contribution in [-0.2, 0) is 10.6 Å². The number of ether oxygens (including phenoxy) is 2. The lowest BCUT2D eigenvalue weighted by Gasteiger charge is -2.31. The number of hydrogen-bond acceptors (Lipinski definition) is 7. The summed E-state index contributed by atoms with van der Waals surface area (Å²) >= 11 is 9.31. The van der Waals surface area contributed by atoms with Crippen molar-refractivity contribution in [1.29, 1.82) is 0 Å². The molecule has 1 aromatic heterocycles. The summed E-state index contributed by atoms with van der Waals surface area (Å²) in [7, 11) is 0. The third kappa shape index (κ3) is 4.09. The fourth-order valence-corrected chi connectivity index (χ4v) is 3.21. The van der Waals surface area contributed by atoms with Gasteiger partial charge in [0.25, 0.3) is 5.88 Å². The summed E-state index contributed by atoms with van der Waals surface area (Å²) in [5.74, 6) is -1.43. The molecule has 3 aromatic rings. The van der Waals surface area contributed by atoms with Crippen LogP contribution >= 0.6 is 27.5 Å². The molecular formula is C20H16BrClN4O4. The number of halogens is 2. The zero-order valence-electron chi connectivity index (χ0n) is 15.8. The van der Waals surface area contributed by atoms with Gasteiger partial charge in [0.1, 0.15) is 0 Å². The third-order valence-electron chi connectivity index (χ3n) is 4.27. The quantitative estimate of drug-likeness (QED) is 0.469. The van der Waals surface area contributed by atoms with E-state index in [0.29, 0.717) is 28.5 Å². The van der Waals surface area contributed by atoms with Gasteiger partial charge in [-0.05, 0) is 48.5 Å². The van der Waals surface area contributed by atoms with Gasteiger partial charge in [0, 0.05) is 20.6 Å². The van der Waals surface area contributed by atoms with Crippen molar-refractivity contribution >= 4 is 39.5 Å². The standard InChI is InChI=1S/C20H16BrClN4O4/c1-2-28-20(14-5-9-16(22)10-6-14)23-11-17-19(30-20)24-25-26(17)29-12-18(27)13-3-7-15(21)8-4-13/h3-11H,2,12H2,1H3. The molecule has 1 aliphatic rings. The molecule has 0 amide bonds. The summed E-state index contributed by atoms with van der Waals surface area (Å²) in [4.78, 5) is 23.4. The van der Waals surface area contributed by atoms with E-state index in [9.17, 15) is 4.79 Å². The van der Waals surface area contributed by atoms with Gasteiger partial charge >= 0.3 is 5.91 Å². The van der Waals surface area contributed by atoms with E-state index in [2.05, 4.69) is 31.2 Å². The maximum absolute atomic E-state index is 12.3. The predicted octanol–water partition coefficient (Wildman–Crippen LogP) is 3.66. The van der Waals surface area contributed by atoms with Crippen LogP contribution in [0, 0.1) is 0 Å². The van der Waals surface area contributed by atoms with Crippen molar-refractivity contribution in [1.82, 2.24) is 15.2 Å². The van der Waals surface area contributed by atoms with Crippen molar-refractivity contribution < 1.29 is 19.1 Å². The Balaban J connectivity index is 1.52. The number of carbonyl (C=O) groups excluding carboxylic acids is 1. The highest BCUT2D eigenvalue weighted by Gasteiger charge is 2.40. The molecule has 2 heterocycles. The van der Waals surface area contributed by atoms with E-state index >= 15 is 0 Å². The van der Waals surface area contributed by atoms with E-state index in [4.69, 9.17) is 25.9 Å². The first-order chi connectivity index (χ1) is 14.5. The number of aliphatic imine (C=N–C) groups is 1. The lowest BCUT2D eigenvalue weighted by atomic mass is 10.1. The molecule has 1 aliphatic heterocycles. The van der Waals surface area contributed by atoms with Gasteiger partial charge in [-0.2, -0.15) is 0 Å². The van der Waals surface area contributed by atoms with Crippen LogP contribution in [0.15, 0.2) is 58.0 Å². The monoisotopic (exact) mass is 490 g/mol. The molecule has 30 heavy (non-hydrogen) atoms. The van der Waals surface area contributed by atoms with Gasteiger partial charge in [-0.25, -0.2) is 4.99 Å². The van der Waals surface area contributed by atoms with Crippen LogP contribution in [0.1, 0.15) is 28.5 Å². The number of rotatable bonds is 7. The van der Waals surface area contributed by atoms with Crippen molar-refractivity contribution in [3.05, 3.63) is 74.8 Å². The Hall–Kier alpha value is -2.75. The predicted molar refractivity (Wildman–Crippen MR) is 113 cm³/mol. The molecule has 0 fully saturated rings. The van der Waals surface area contributed by atoms with Crippen LogP contribution in [0.5, 0.6) is 5.88 Å². The average molecular weight is 492 g/mol. The molecule has 0 radical (unpaired) electrons. The second kappa shape index (κ2) is 8.55. The highest BCUT2D eigenvalue weighted by atomic mass is 79.9. The molecule has 0 saturated heterocycles. The number of aromatic nitrogens is 3. The third-order valence-corrected chi connectivity index (χ3v) is 5.05. The lowest BCUT2D eigenvalue weighted by molar-refractivity contribution is -0.186. The van der Waals surface area contributed by atoms with Crippen molar-refractivity contribution in [3.8, 4) is 5.88 Å². The number of hydrogen-bond donors (Lipinski definition) is 0. The number of ketones is 1. The summed E-state index contributed by atoms with van der Waals surface area (Å²) in [6, 6.07) is 14.0. The first-order valence-electron chi connectivity index (χ1n) is 9.03. The van der Waals surface area contributed by atoms with Crippen LogP contribution in [0.3, 0.4) is 0 Å². The fraction of sp³-hybridized carbons (Fsp3) is 0.200. The molecule has 0 spiro atoms. The highest BCUT2D eigenvalue weighted by molar-refractivity contribution is 9.10. The van der Waals surface area contributed by atoms with E-state index in [1.54, 1.807) is 48.5 Å². The number of Topliss-reactive ketones (excluding diaryl/α,β-unsaturated/α-hetero) is 1. The Kier molecular flexibility index (Phi) is 5.85. The Morgan fingerprint density at radius 2 is 1.93 bits per heavy atom. The second-order valence-corrected chi connectivity index (χ2v) is 7.59. The molecule has 10 heteroatoms.